The van der Waals surface area contributed by atoms with Crippen LogP contribution < -0.4 is 4.72 Å². The molecule has 1 aromatic carbocycles. The SMILES string of the molecule is CC1(NS(=O)(=O)c2cccc(S(=O)(=O)Cl)c2)CCOCC1. The zero-order valence-electron chi connectivity index (χ0n) is 11.4. The van der Waals surface area contributed by atoms with Gasteiger partial charge in [0.15, 0.2) is 0 Å². The number of ether oxygens (including phenoxy) is 1. The van der Waals surface area contributed by atoms with Gasteiger partial charge in [0.05, 0.1) is 9.79 Å². The van der Waals surface area contributed by atoms with E-state index in [9.17, 15) is 16.8 Å². The monoisotopic (exact) mass is 353 g/mol. The quantitative estimate of drug-likeness (QED) is 0.828. The molecule has 1 N–H and O–H groups in total. The maximum absolute atomic E-state index is 12.4. The zero-order chi connectivity index (χ0) is 15.7. The molecule has 0 saturated carbocycles. The van der Waals surface area contributed by atoms with Crippen LogP contribution in [0.3, 0.4) is 0 Å². The molecule has 0 radical (unpaired) electrons. The topological polar surface area (TPSA) is 89.5 Å². The molecule has 0 amide bonds. The van der Waals surface area contributed by atoms with Gasteiger partial charge in [0.2, 0.25) is 10.0 Å². The molecule has 2 rings (SSSR count). The molecule has 0 unspecified atom stereocenters. The fourth-order valence-electron chi connectivity index (χ4n) is 2.10. The Morgan fingerprint density at radius 1 is 1.14 bits per heavy atom. The average molecular weight is 354 g/mol. The second-order valence-electron chi connectivity index (χ2n) is 5.19. The van der Waals surface area contributed by atoms with Gasteiger partial charge in [-0.05, 0) is 38.0 Å². The molecule has 1 fully saturated rings. The summed E-state index contributed by atoms with van der Waals surface area (Å²) in [5.41, 5.74) is -0.604. The van der Waals surface area contributed by atoms with Crippen LogP contribution in [-0.4, -0.2) is 35.6 Å². The number of benzene rings is 1. The summed E-state index contributed by atoms with van der Waals surface area (Å²) in [6.07, 6.45) is 1.11. The van der Waals surface area contributed by atoms with Crippen molar-refractivity contribution < 1.29 is 21.6 Å². The Bertz CT molecular complexity index is 724. The zero-order valence-corrected chi connectivity index (χ0v) is 13.8. The molecule has 9 heteroatoms. The lowest BCUT2D eigenvalue weighted by Crippen LogP contribution is -2.49. The number of halogens is 1. The fraction of sp³-hybridized carbons (Fsp3) is 0.500. The molecule has 0 aromatic heterocycles. The molecule has 0 aliphatic carbocycles. The fourth-order valence-corrected chi connectivity index (χ4v) is 4.48. The van der Waals surface area contributed by atoms with E-state index in [1.807, 2.05) is 0 Å². The van der Waals surface area contributed by atoms with E-state index >= 15 is 0 Å². The maximum atomic E-state index is 12.4. The molecule has 6 nitrogen and oxygen atoms in total. The third-order valence-corrected chi connectivity index (χ3v) is 6.36. The second-order valence-corrected chi connectivity index (χ2v) is 9.44. The summed E-state index contributed by atoms with van der Waals surface area (Å²) in [6.45, 7) is 2.76. The first-order valence-electron chi connectivity index (χ1n) is 6.29. The predicted octanol–water partition coefficient (Wildman–Crippen LogP) is 1.46. The van der Waals surface area contributed by atoms with Crippen LogP contribution in [0.25, 0.3) is 0 Å². The van der Waals surface area contributed by atoms with Crippen LogP contribution in [0, 0.1) is 0 Å². The summed E-state index contributed by atoms with van der Waals surface area (Å²) >= 11 is 0. The molecule has 0 bridgehead atoms. The van der Waals surface area contributed by atoms with Gasteiger partial charge in [-0.2, -0.15) is 0 Å². The van der Waals surface area contributed by atoms with Crippen molar-refractivity contribution in [3.8, 4) is 0 Å². The highest BCUT2D eigenvalue weighted by atomic mass is 35.7. The van der Waals surface area contributed by atoms with Crippen molar-refractivity contribution in [2.75, 3.05) is 13.2 Å². The largest absolute Gasteiger partial charge is 0.381 e. The highest BCUT2D eigenvalue weighted by molar-refractivity contribution is 8.13. The van der Waals surface area contributed by atoms with Gasteiger partial charge in [-0.25, -0.2) is 21.6 Å². The molecular weight excluding hydrogens is 338 g/mol. The number of sulfonamides is 1. The maximum Gasteiger partial charge on any atom is 0.261 e. The van der Waals surface area contributed by atoms with Gasteiger partial charge in [0, 0.05) is 29.4 Å². The van der Waals surface area contributed by atoms with Crippen LogP contribution in [0.4, 0.5) is 0 Å². The van der Waals surface area contributed by atoms with Crippen molar-refractivity contribution in [3.63, 3.8) is 0 Å². The number of nitrogens with one attached hydrogen (secondary N) is 1. The minimum Gasteiger partial charge on any atom is -0.381 e. The lowest BCUT2D eigenvalue weighted by atomic mass is 9.94. The Labute approximate surface area is 128 Å². The molecule has 1 aliphatic rings. The molecule has 21 heavy (non-hydrogen) atoms. The van der Waals surface area contributed by atoms with Crippen LogP contribution >= 0.6 is 10.7 Å². The second kappa shape index (κ2) is 5.85. The first kappa shape index (κ1) is 16.7. The van der Waals surface area contributed by atoms with Gasteiger partial charge in [0.1, 0.15) is 0 Å². The van der Waals surface area contributed by atoms with E-state index in [4.69, 9.17) is 15.4 Å². The van der Waals surface area contributed by atoms with Crippen LogP contribution in [0.2, 0.25) is 0 Å². The highest BCUT2D eigenvalue weighted by Crippen LogP contribution is 2.24. The number of hydrogen-bond acceptors (Lipinski definition) is 5. The Morgan fingerprint density at radius 2 is 1.71 bits per heavy atom. The van der Waals surface area contributed by atoms with Gasteiger partial charge in [-0.15, -0.1) is 0 Å². The smallest absolute Gasteiger partial charge is 0.261 e. The first-order chi connectivity index (χ1) is 9.62. The Balaban J connectivity index is 2.32. The van der Waals surface area contributed by atoms with Crippen molar-refractivity contribution in [2.24, 2.45) is 0 Å². The van der Waals surface area contributed by atoms with E-state index in [1.165, 1.54) is 18.2 Å². The van der Waals surface area contributed by atoms with Crippen molar-refractivity contribution in [3.05, 3.63) is 24.3 Å². The lowest BCUT2D eigenvalue weighted by molar-refractivity contribution is 0.0537. The summed E-state index contributed by atoms with van der Waals surface area (Å²) in [5.74, 6) is 0. The summed E-state index contributed by atoms with van der Waals surface area (Å²) in [5, 5.41) is 0. The molecule has 0 atom stereocenters. The van der Waals surface area contributed by atoms with Crippen LogP contribution in [-0.2, 0) is 23.8 Å². The summed E-state index contributed by atoms with van der Waals surface area (Å²) in [7, 11) is -2.56. The predicted molar refractivity (Wildman–Crippen MR) is 78.3 cm³/mol. The van der Waals surface area contributed by atoms with Gasteiger partial charge >= 0.3 is 0 Å². The van der Waals surface area contributed by atoms with Gasteiger partial charge in [-0.1, -0.05) is 6.07 Å². The molecule has 0 spiro atoms. The van der Waals surface area contributed by atoms with Gasteiger partial charge < -0.3 is 4.74 Å². The Morgan fingerprint density at radius 3 is 2.29 bits per heavy atom. The Hall–Kier alpha value is -0.670. The van der Waals surface area contributed by atoms with E-state index in [0.29, 0.717) is 26.1 Å². The minimum absolute atomic E-state index is 0.128. The molecular formula is C12H16ClNO5S2. The van der Waals surface area contributed by atoms with E-state index in [2.05, 4.69) is 4.72 Å². The molecule has 1 aromatic rings. The van der Waals surface area contributed by atoms with Crippen molar-refractivity contribution in [1.29, 1.82) is 0 Å². The van der Waals surface area contributed by atoms with E-state index in [-0.39, 0.29) is 9.79 Å². The van der Waals surface area contributed by atoms with Crippen molar-refractivity contribution in [1.82, 2.24) is 4.72 Å². The van der Waals surface area contributed by atoms with Crippen molar-refractivity contribution >= 4 is 29.8 Å². The molecule has 1 heterocycles. The van der Waals surface area contributed by atoms with Gasteiger partial charge in [0.25, 0.3) is 9.05 Å². The minimum atomic E-state index is -3.97. The average Bonchev–Trinajstić information content (AvgIpc) is 2.37. The van der Waals surface area contributed by atoms with Crippen molar-refractivity contribution in [2.45, 2.75) is 35.1 Å². The summed E-state index contributed by atoms with van der Waals surface area (Å²) in [4.78, 5) is -0.374. The van der Waals surface area contributed by atoms with Gasteiger partial charge in [-0.3, -0.25) is 0 Å². The van der Waals surface area contributed by atoms with Crippen LogP contribution in [0.1, 0.15) is 19.8 Å². The number of rotatable bonds is 4. The van der Waals surface area contributed by atoms with Crippen LogP contribution in [0.15, 0.2) is 34.1 Å². The molecule has 1 aliphatic heterocycles. The first-order valence-corrected chi connectivity index (χ1v) is 10.1. The number of hydrogen-bond donors (Lipinski definition) is 1. The van der Waals surface area contributed by atoms with Crippen LogP contribution in [0.5, 0.6) is 0 Å². The summed E-state index contributed by atoms with van der Waals surface area (Å²) in [6, 6.07) is 4.97. The van der Waals surface area contributed by atoms with E-state index < -0.39 is 24.6 Å². The third kappa shape index (κ3) is 4.17. The third-order valence-electron chi connectivity index (χ3n) is 3.37. The highest BCUT2D eigenvalue weighted by Gasteiger charge is 2.32. The Kier molecular flexibility index (Phi) is 4.65. The lowest BCUT2D eigenvalue weighted by Gasteiger charge is -2.34. The molecule has 118 valence electrons. The standard InChI is InChI=1S/C12H16ClNO5S2/c1-12(5-7-19-8-6-12)14-21(17,18)11-4-2-3-10(9-11)20(13,15)16/h2-4,9,14H,5-8H2,1H3. The summed E-state index contributed by atoms with van der Waals surface area (Å²) < 4.78 is 55.2. The van der Waals surface area contributed by atoms with E-state index in [1.54, 1.807) is 6.92 Å². The van der Waals surface area contributed by atoms with E-state index in [0.717, 1.165) is 6.07 Å². The molecule has 1 saturated heterocycles. The normalized spacial score (nSPS) is 19.3.